The Balaban J connectivity index is 0.00000210. The molecule has 1 aromatic heterocycles. The number of nitrogens with one attached hydrogen (secondary N) is 1. The summed E-state index contributed by atoms with van der Waals surface area (Å²) in [6, 6.07) is 10.8. The summed E-state index contributed by atoms with van der Waals surface area (Å²) < 4.78 is 1.82. The van der Waals surface area contributed by atoms with Gasteiger partial charge in [-0.15, -0.1) is 12.4 Å². The Morgan fingerprint density at radius 2 is 1.93 bits per heavy atom. The van der Waals surface area contributed by atoms with Crippen molar-refractivity contribution in [3.8, 4) is 0 Å². The number of carbonyl (C=O) groups is 1. The lowest BCUT2D eigenvalue weighted by molar-refractivity contribution is -0.135. The van der Waals surface area contributed by atoms with Crippen LogP contribution in [0.2, 0.25) is 0 Å². The minimum Gasteiger partial charge on any atom is -0.342 e. The zero-order valence-electron chi connectivity index (χ0n) is 15.9. The van der Waals surface area contributed by atoms with Crippen molar-refractivity contribution in [1.82, 2.24) is 20.0 Å². The maximum Gasteiger partial charge on any atom is 0.227 e. The van der Waals surface area contributed by atoms with Crippen LogP contribution in [0.3, 0.4) is 0 Å². The van der Waals surface area contributed by atoms with E-state index in [0.29, 0.717) is 11.8 Å². The van der Waals surface area contributed by atoms with Crippen LogP contribution in [0.25, 0.3) is 0 Å². The van der Waals surface area contributed by atoms with E-state index in [0.717, 1.165) is 39.0 Å². The summed E-state index contributed by atoms with van der Waals surface area (Å²) in [7, 11) is 1.93. The molecule has 2 aromatic rings. The normalized spacial score (nSPS) is 25.7. The van der Waals surface area contributed by atoms with E-state index in [-0.39, 0.29) is 24.2 Å². The van der Waals surface area contributed by atoms with Crippen LogP contribution in [0.4, 0.5) is 0 Å². The second-order valence-electron chi connectivity index (χ2n) is 7.68. The molecule has 3 heterocycles. The third-order valence-electron chi connectivity index (χ3n) is 6.00. The van der Waals surface area contributed by atoms with Gasteiger partial charge in [0.1, 0.15) is 0 Å². The zero-order valence-corrected chi connectivity index (χ0v) is 16.7. The third-order valence-corrected chi connectivity index (χ3v) is 6.00. The van der Waals surface area contributed by atoms with Crippen LogP contribution in [0.5, 0.6) is 0 Å². The number of nitrogens with zero attached hydrogens (tertiary/aromatic N) is 3. The number of aromatic nitrogens is 2. The van der Waals surface area contributed by atoms with Crippen LogP contribution in [0, 0.1) is 5.92 Å². The second-order valence-corrected chi connectivity index (χ2v) is 7.68. The summed E-state index contributed by atoms with van der Waals surface area (Å²) >= 11 is 0. The van der Waals surface area contributed by atoms with Crippen molar-refractivity contribution in [2.75, 3.05) is 26.2 Å². The first-order valence-electron chi connectivity index (χ1n) is 9.75. The van der Waals surface area contributed by atoms with Crippen LogP contribution in [-0.4, -0.2) is 46.8 Å². The van der Waals surface area contributed by atoms with Crippen LogP contribution >= 0.6 is 12.4 Å². The molecule has 1 unspecified atom stereocenters. The molecule has 1 amide bonds. The monoisotopic (exact) mass is 388 g/mol. The summed E-state index contributed by atoms with van der Waals surface area (Å²) in [6.45, 7) is 3.40. The minimum atomic E-state index is 0. The van der Waals surface area contributed by atoms with Crippen molar-refractivity contribution in [3.63, 3.8) is 0 Å². The van der Waals surface area contributed by atoms with Crippen molar-refractivity contribution in [1.29, 1.82) is 0 Å². The summed E-state index contributed by atoms with van der Waals surface area (Å²) in [4.78, 5) is 15.4. The number of aryl methyl sites for hydroxylation is 1. The van der Waals surface area contributed by atoms with E-state index in [2.05, 4.69) is 45.6 Å². The molecule has 146 valence electrons. The second kappa shape index (κ2) is 8.89. The van der Waals surface area contributed by atoms with E-state index >= 15 is 0 Å². The average molecular weight is 389 g/mol. The standard InChI is InChI=1S/C21H28N4O.ClH/c1-24-15-18(12-23-24)19-13-22-14-20(19)21(26)25-10-5-8-17(9-11-25)16-6-3-2-4-7-16;/h2-4,6-7,12,15,17,19-20,22H,5,8-11,13-14H2,1H3;1H/t17?,19-,20+;/m1./s1. The fourth-order valence-electron chi connectivity index (χ4n) is 4.53. The Morgan fingerprint density at radius 1 is 1.11 bits per heavy atom. The van der Waals surface area contributed by atoms with E-state index in [1.54, 1.807) is 0 Å². The summed E-state index contributed by atoms with van der Waals surface area (Å²) in [5.41, 5.74) is 2.59. The molecule has 5 nitrogen and oxygen atoms in total. The van der Waals surface area contributed by atoms with Gasteiger partial charge in [0, 0.05) is 45.3 Å². The number of benzene rings is 1. The van der Waals surface area contributed by atoms with E-state index in [1.165, 1.54) is 17.5 Å². The van der Waals surface area contributed by atoms with Crippen LogP contribution < -0.4 is 5.32 Å². The molecule has 4 rings (SSSR count). The molecular formula is C21H29ClN4O. The molecule has 2 aliphatic heterocycles. The molecule has 2 fully saturated rings. The van der Waals surface area contributed by atoms with Crippen molar-refractivity contribution in [2.24, 2.45) is 13.0 Å². The Morgan fingerprint density at radius 3 is 2.67 bits per heavy atom. The van der Waals surface area contributed by atoms with E-state index in [1.807, 2.05) is 24.1 Å². The first-order valence-corrected chi connectivity index (χ1v) is 9.75. The van der Waals surface area contributed by atoms with Crippen molar-refractivity contribution >= 4 is 18.3 Å². The molecule has 0 aliphatic carbocycles. The van der Waals surface area contributed by atoms with Crippen molar-refractivity contribution in [3.05, 3.63) is 53.9 Å². The molecule has 3 atom stereocenters. The highest BCUT2D eigenvalue weighted by Gasteiger charge is 2.37. The van der Waals surface area contributed by atoms with Gasteiger partial charge in [-0.05, 0) is 36.3 Å². The Kier molecular flexibility index (Phi) is 6.55. The minimum absolute atomic E-state index is 0. The molecule has 2 aliphatic rings. The summed E-state index contributed by atoms with van der Waals surface area (Å²) in [6.07, 6.45) is 7.27. The molecule has 6 heteroatoms. The first kappa shape index (κ1) is 19.9. The van der Waals surface area contributed by atoms with Gasteiger partial charge in [-0.3, -0.25) is 9.48 Å². The topological polar surface area (TPSA) is 50.2 Å². The molecule has 0 saturated carbocycles. The molecular weight excluding hydrogens is 360 g/mol. The number of likely N-dealkylation sites (tertiary alicyclic amines) is 1. The maximum absolute atomic E-state index is 13.2. The van der Waals surface area contributed by atoms with Crippen LogP contribution in [0.15, 0.2) is 42.7 Å². The van der Waals surface area contributed by atoms with Gasteiger partial charge >= 0.3 is 0 Å². The highest BCUT2D eigenvalue weighted by molar-refractivity contribution is 5.85. The fraction of sp³-hybridized carbons (Fsp3) is 0.524. The van der Waals surface area contributed by atoms with E-state index in [4.69, 9.17) is 0 Å². The Bertz CT molecular complexity index is 748. The lowest BCUT2D eigenvalue weighted by Crippen LogP contribution is -2.39. The number of hydrogen-bond donors (Lipinski definition) is 1. The van der Waals surface area contributed by atoms with Gasteiger partial charge in [-0.1, -0.05) is 30.3 Å². The van der Waals surface area contributed by atoms with Gasteiger partial charge in [-0.2, -0.15) is 5.10 Å². The number of carbonyl (C=O) groups excluding carboxylic acids is 1. The molecule has 0 spiro atoms. The summed E-state index contributed by atoms with van der Waals surface area (Å²) in [5, 5.41) is 7.71. The SMILES string of the molecule is Cl.Cn1cc([C@H]2CNC[C@@H]2C(=O)N2CCCC(c3ccccc3)CC2)cn1. The predicted octanol–water partition coefficient (Wildman–Crippen LogP) is 2.94. The van der Waals surface area contributed by atoms with Gasteiger partial charge in [0.05, 0.1) is 12.1 Å². The fourth-order valence-corrected chi connectivity index (χ4v) is 4.53. The highest BCUT2D eigenvalue weighted by Crippen LogP contribution is 2.32. The lowest BCUT2D eigenvalue weighted by atomic mass is 9.89. The van der Waals surface area contributed by atoms with Gasteiger partial charge in [-0.25, -0.2) is 0 Å². The molecule has 27 heavy (non-hydrogen) atoms. The Hall–Kier alpha value is -1.85. The largest absolute Gasteiger partial charge is 0.342 e. The zero-order chi connectivity index (χ0) is 17.9. The van der Waals surface area contributed by atoms with E-state index < -0.39 is 0 Å². The third kappa shape index (κ3) is 4.36. The molecule has 1 N–H and O–H groups in total. The molecule has 1 aromatic carbocycles. The van der Waals surface area contributed by atoms with Gasteiger partial charge in [0.25, 0.3) is 0 Å². The smallest absolute Gasteiger partial charge is 0.227 e. The average Bonchev–Trinajstić information content (AvgIpc) is 3.24. The van der Waals surface area contributed by atoms with Crippen LogP contribution in [-0.2, 0) is 11.8 Å². The number of rotatable bonds is 3. The Labute approximate surface area is 167 Å². The first-order chi connectivity index (χ1) is 12.7. The quantitative estimate of drug-likeness (QED) is 0.879. The van der Waals surface area contributed by atoms with Crippen LogP contribution in [0.1, 0.15) is 42.2 Å². The van der Waals surface area contributed by atoms with Crippen molar-refractivity contribution in [2.45, 2.75) is 31.1 Å². The number of halogens is 1. The number of hydrogen-bond acceptors (Lipinski definition) is 3. The highest BCUT2D eigenvalue weighted by atomic mass is 35.5. The number of amides is 1. The summed E-state index contributed by atoms with van der Waals surface area (Å²) in [5.74, 6) is 1.17. The molecule has 0 radical (unpaired) electrons. The van der Waals surface area contributed by atoms with Gasteiger partial charge in [0.2, 0.25) is 5.91 Å². The van der Waals surface area contributed by atoms with Gasteiger partial charge < -0.3 is 10.2 Å². The maximum atomic E-state index is 13.2. The van der Waals surface area contributed by atoms with E-state index in [9.17, 15) is 4.79 Å². The molecule has 0 bridgehead atoms. The molecule has 2 saturated heterocycles. The van der Waals surface area contributed by atoms with Crippen molar-refractivity contribution < 1.29 is 4.79 Å². The predicted molar refractivity (Wildman–Crippen MR) is 109 cm³/mol. The lowest BCUT2D eigenvalue weighted by Gasteiger charge is -2.26. The van der Waals surface area contributed by atoms with Gasteiger partial charge in [0.15, 0.2) is 0 Å².